The number of carboxylic acid groups (broad SMARTS) is 1. The molecule has 0 atom stereocenters. The minimum Gasteiger partial charge on any atom is -0.496 e. The molecule has 0 radical (unpaired) electrons. The first-order valence-electron chi connectivity index (χ1n) is 12.4. The molecule has 4 aromatic rings. The molecule has 1 heterocycles. The van der Waals surface area contributed by atoms with Gasteiger partial charge in [0.2, 0.25) is 0 Å². The lowest BCUT2D eigenvalue weighted by molar-refractivity contribution is -0.136. The van der Waals surface area contributed by atoms with E-state index in [1.165, 1.54) is 0 Å². The summed E-state index contributed by atoms with van der Waals surface area (Å²) in [6, 6.07) is 20.9. The summed E-state index contributed by atoms with van der Waals surface area (Å²) in [6.45, 7) is 3.00. The molecule has 1 aromatic heterocycles. The van der Waals surface area contributed by atoms with E-state index in [1.54, 1.807) is 27.4 Å². The van der Waals surface area contributed by atoms with Crippen LogP contribution < -0.4 is 18.9 Å². The Morgan fingerprint density at radius 1 is 0.868 bits per heavy atom. The molecule has 0 bridgehead atoms. The van der Waals surface area contributed by atoms with Crippen LogP contribution in [0.15, 0.2) is 66.7 Å². The van der Waals surface area contributed by atoms with Gasteiger partial charge in [0, 0.05) is 16.7 Å². The van der Waals surface area contributed by atoms with Gasteiger partial charge in [0.25, 0.3) is 0 Å². The van der Waals surface area contributed by atoms with E-state index in [9.17, 15) is 9.90 Å². The van der Waals surface area contributed by atoms with Gasteiger partial charge in [-0.3, -0.25) is 9.48 Å². The fourth-order valence-corrected chi connectivity index (χ4v) is 4.37. The van der Waals surface area contributed by atoms with E-state index < -0.39 is 5.97 Å². The van der Waals surface area contributed by atoms with E-state index in [-0.39, 0.29) is 6.42 Å². The molecule has 0 amide bonds. The number of aromatic nitrogens is 2. The molecule has 3 aromatic carbocycles. The van der Waals surface area contributed by atoms with Gasteiger partial charge in [-0.15, -0.1) is 0 Å². The second-order valence-corrected chi connectivity index (χ2v) is 8.67. The number of benzene rings is 3. The Labute approximate surface area is 222 Å². The standard InChI is InChI=1S/C30H32N2O6/c1-5-15-38-27-14-13-20(17-29(33)34)16-23(27)24-18-25(22-10-8-12-28(36-3)30(22)37-4)32(31-24)19-21-9-6-7-11-26(21)35-2/h6-14,16,18H,5,15,17,19H2,1-4H3,(H,33,34). The fraction of sp³-hybridized carbons (Fsp3) is 0.267. The highest BCUT2D eigenvalue weighted by molar-refractivity contribution is 5.78. The third kappa shape index (κ3) is 5.75. The Morgan fingerprint density at radius 2 is 1.63 bits per heavy atom. The van der Waals surface area contributed by atoms with Gasteiger partial charge in [-0.1, -0.05) is 37.3 Å². The van der Waals surface area contributed by atoms with Crippen molar-refractivity contribution in [3.8, 4) is 45.5 Å². The van der Waals surface area contributed by atoms with E-state index in [0.717, 1.165) is 34.6 Å². The average Bonchev–Trinajstić information content (AvgIpc) is 3.35. The first-order chi connectivity index (χ1) is 18.5. The summed E-state index contributed by atoms with van der Waals surface area (Å²) < 4.78 is 24.8. The highest BCUT2D eigenvalue weighted by atomic mass is 16.5. The molecule has 0 aliphatic heterocycles. The molecular formula is C30H32N2O6. The van der Waals surface area contributed by atoms with Gasteiger partial charge < -0.3 is 24.1 Å². The normalized spacial score (nSPS) is 10.7. The number of hydrogen-bond donors (Lipinski definition) is 1. The topological polar surface area (TPSA) is 92.0 Å². The van der Waals surface area contributed by atoms with Crippen molar-refractivity contribution in [1.29, 1.82) is 0 Å². The number of carboxylic acids is 1. The van der Waals surface area contributed by atoms with Gasteiger partial charge in [0.1, 0.15) is 11.5 Å². The van der Waals surface area contributed by atoms with Crippen LogP contribution in [0.3, 0.4) is 0 Å². The minimum absolute atomic E-state index is 0.0977. The van der Waals surface area contributed by atoms with Gasteiger partial charge in [-0.25, -0.2) is 0 Å². The van der Waals surface area contributed by atoms with Crippen molar-refractivity contribution in [2.45, 2.75) is 26.3 Å². The van der Waals surface area contributed by atoms with Crippen molar-refractivity contribution < 1.29 is 28.8 Å². The van der Waals surface area contributed by atoms with Crippen LogP contribution in [0.1, 0.15) is 24.5 Å². The predicted octanol–water partition coefficient (Wildman–Crippen LogP) is 5.71. The maximum atomic E-state index is 11.4. The monoisotopic (exact) mass is 516 g/mol. The second-order valence-electron chi connectivity index (χ2n) is 8.67. The van der Waals surface area contributed by atoms with E-state index in [1.807, 2.05) is 72.3 Å². The van der Waals surface area contributed by atoms with Gasteiger partial charge in [0.15, 0.2) is 11.5 Å². The van der Waals surface area contributed by atoms with Crippen molar-refractivity contribution in [1.82, 2.24) is 9.78 Å². The zero-order valence-electron chi connectivity index (χ0n) is 22.1. The second kappa shape index (κ2) is 12.2. The number of para-hydroxylation sites is 2. The molecule has 198 valence electrons. The van der Waals surface area contributed by atoms with Crippen LogP contribution >= 0.6 is 0 Å². The van der Waals surface area contributed by atoms with Crippen LogP contribution in [-0.4, -0.2) is 48.8 Å². The Bertz CT molecular complexity index is 1410. The quantitative estimate of drug-likeness (QED) is 0.258. The Kier molecular flexibility index (Phi) is 8.53. The maximum Gasteiger partial charge on any atom is 0.307 e. The van der Waals surface area contributed by atoms with E-state index >= 15 is 0 Å². The van der Waals surface area contributed by atoms with Crippen LogP contribution in [0.25, 0.3) is 22.5 Å². The Hall–Kier alpha value is -4.46. The number of ether oxygens (including phenoxy) is 4. The molecule has 8 nitrogen and oxygen atoms in total. The first-order valence-corrected chi connectivity index (χ1v) is 12.4. The summed E-state index contributed by atoms with van der Waals surface area (Å²) in [7, 11) is 4.85. The zero-order valence-corrected chi connectivity index (χ0v) is 22.1. The summed E-state index contributed by atoms with van der Waals surface area (Å²) in [5.41, 5.74) is 4.59. The summed E-state index contributed by atoms with van der Waals surface area (Å²) in [4.78, 5) is 11.4. The van der Waals surface area contributed by atoms with Gasteiger partial charge in [-0.2, -0.15) is 5.10 Å². The molecule has 0 aliphatic carbocycles. The lowest BCUT2D eigenvalue weighted by Gasteiger charge is -2.15. The van der Waals surface area contributed by atoms with E-state index in [4.69, 9.17) is 24.0 Å². The number of rotatable bonds is 12. The molecule has 38 heavy (non-hydrogen) atoms. The third-order valence-corrected chi connectivity index (χ3v) is 6.11. The van der Waals surface area contributed by atoms with Gasteiger partial charge in [0.05, 0.1) is 52.3 Å². The van der Waals surface area contributed by atoms with Crippen LogP contribution in [0.2, 0.25) is 0 Å². The van der Waals surface area contributed by atoms with E-state index in [0.29, 0.717) is 41.7 Å². The minimum atomic E-state index is -0.901. The molecule has 1 N–H and O–H groups in total. The molecule has 0 fully saturated rings. The van der Waals surface area contributed by atoms with Crippen molar-refractivity contribution in [3.05, 3.63) is 77.9 Å². The molecule has 4 rings (SSSR count). The van der Waals surface area contributed by atoms with Crippen molar-refractivity contribution in [3.63, 3.8) is 0 Å². The molecule has 8 heteroatoms. The summed E-state index contributed by atoms with van der Waals surface area (Å²) in [6.07, 6.45) is 0.740. The van der Waals surface area contributed by atoms with Crippen LogP contribution in [-0.2, 0) is 17.8 Å². The summed E-state index contributed by atoms with van der Waals surface area (Å²) >= 11 is 0. The Morgan fingerprint density at radius 3 is 2.34 bits per heavy atom. The van der Waals surface area contributed by atoms with Crippen molar-refractivity contribution in [2.24, 2.45) is 0 Å². The first kappa shape index (κ1) is 26.6. The maximum absolute atomic E-state index is 11.4. The van der Waals surface area contributed by atoms with Crippen molar-refractivity contribution >= 4 is 5.97 Å². The van der Waals surface area contributed by atoms with E-state index in [2.05, 4.69) is 0 Å². The third-order valence-electron chi connectivity index (χ3n) is 6.11. The number of aliphatic carboxylic acids is 1. The number of methoxy groups -OCH3 is 3. The van der Waals surface area contributed by atoms with Crippen molar-refractivity contribution in [2.75, 3.05) is 27.9 Å². The predicted molar refractivity (Wildman–Crippen MR) is 145 cm³/mol. The fourth-order valence-electron chi connectivity index (χ4n) is 4.37. The lowest BCUT2D eigenvalue weighted by Crippen LogP contribution is -2.06. The SMILES string of the molecule is CCCOc1ccc(CC(=O)O)cc1-c1cc(-c2cccc(OC)c2OC)n(Cc2ccccc2OC)n1. The molecular weight excluding hydrogens is 484 g/mol. The van der Waals surface area contributed by atoms with Crippen LogP contribution in [0.5, 0.6) is 23.0 Å². The zero-order chi connectivity index (χ0) is 27.1. The molecule has 0 aliphatic rings. The Balaban J connectivity index is 1.92. The molecule has 0 saturated heterocycles. The lowest BCUT2D eigenvalue weighted by atomic mass is 10.0. The smallest absolute Gasteiger partial charge is 0.307 e. The highest BCUT2D eigenvalue weighted by Crippen LogP contribution is 2.41. The van der Waals surface area contributed by atoms with Crippen LogP contribution in [0, 0.1) is 0 Å². The summed E-state index contributed by atoms with van der Waals surface area (Å²) in [5.74, 6) is 1.69. The highest BCUT2D eigenvalue weighted by Gasteiger charge is 2.21. The van der Waals surface area contributed by atoms with Gasteiger partial charge >= 0.3 is 5.97 Å². The largest absolute Gasteiger partial charge is 0.496 e. The number of nitrogens with zero attached hydrogens (tertiary/aromatic N) is 2. The van der Waals surface area contributed by atoms with Crippen LogP contribution in [0.4, 0.5) is 0 Å². The number of hydrogen-bond acceptors (Lipinski definition) is 6. The average molecular weight is 517 g/mol. The summed E-state index contributed by atoms with van der Waals surface area (Å²) in [5, 5.41) is 14.4. The number of carbonyl (C=O) groups is 1. The molecule has 0 unspecified atom stereocenters. The molecule has 0 saturated carbocycles. The molecule has 0 spiro atoms. The van der Waals surface area contributed by atoms with Gasteiger partial charge in [-0.05, 0) is 48.4 Å².